The summed E-state index contributed by atoms with van der Waals surface area (Å²) in [6.07, 6.45) is 2.04. The van der Waals surface area contributed by atoms with Crippen LogP contribution in [0.3, 0.4) is 0 Å². The summed E-state index contributed by atoms with van der Waals surface area (Å²) in [7, 11) is 0. The molecule has 0 atom stereocenters. The van der Waals surface area contributed by atoms with Crippen molar-refractivity contribution in [3.05, 3.63) is 83.2 Å². The molecule has 1 saturated heterocycles. The molecule has 0 saturated carbocycles. The van der Waals surface area contributed by atoms with E-state index in [1.807, 2.05) is 30.5 Å². The van der Waals surface area contributed by atoms with Crippen LogP contribution >= 0.6 is 0 Å². The van der Waals surface area contributed by atoms with Gasteiger partial charge in [-0.1, -0.05) is 59.3 Å². The highest BCUT2D eigenvalue weighted by atomic mass is 16.5. The smallest absolute Gasteiger partial charge is 0.259 e. The lowest BCUT2D eigenvalue weighted by Gasteiger charge is -2.36. The second-order valence-corrected chi connectivity index (χ2v) is 8.01. The SMILES string of the molecule is Cc1ccc(Cn2cc(-c3nc(-c4ccc(C5(O)COC5)cc4)no3)cc2C)cc1. The predicted molar refractivity (Wildman–Crippen MR) is 113 cm³/mol. The average molecular weight is 401 g/mol. The fourth-order valence-corrected chi connectivity index (χ4v) is 3.64. The molecule has 6 nitrogen and oxygen atoms in total. The fraction of sp³-hybridized carbons (Fsp3) is 0.250. The van der Waals surface area contributed by atoms with Crippen LogP contribution < -0.4 is 0 Å². The van der Waals surface area contributed by atoms with E-state index in [4.69, 9.17) is 9.26 Å². The first-order valence-electron chi connectivity index (χ1n) is 9.98. The van der Waals surface area contributed by atoms with Crippen molar-refractivity contribution in [1.82, 2.24) is 14.7 Å². The van der Waals surface area contributed by atoms with Gasteiger partial charge in [0.2, 0.25) is 5.82 Å². The van der Waals surface area contributed by atoms with Gasteiger partial charge in [-0.05, 0) is 31.0 Å². The number of hydrogen-bond acceptors (Lipinski definition) is 5. The monoisotopic (exact) mass is 401 g/mol. The number of rotatable bonds is 5. The van der Waals surface area contributed by atoms with Crippen LogP contribution in [0.2, 0.25) is 0 Å². The van der Waals surface area contributed by atoms with E-state index in [-0.39, 0.29) is 0 Å². The van der Waals surface area contributed by atoms with Crippen LogP contribution in [-0.4, -0.2) is 33.0 Å². The summed E-state index contributed by atoms with van der Waals surface area (Å²) < 4.78 is 12.8. The molecule has 1 aliphatic rings. The zero-order valence-corrected chi connectivity index (χ0v) is 17.0. The second kappa shape index (κ2) is 7.23. The molecule has 4 aromatic rings. The van der Waals surface area contributed by atoms with Crippen LogP contribution in [0.4, 0.5) is 0 Å². The van der Waals surface area contributed by atoms with Crippen LogP contribution in [0.5, 0.6) is 0 Å². The summed E-state index contributed by atoms with van der Waals surface area (Å²) in [5.74, 6) is 1.02. The van der Waals surface area contributed by atoms with Gasteiger partial charge < -0.3 is 18.9 Å². The topological polar surface area (TPSA) is 73.3 Å². The number of aryl methyl sites for hydroxylation is 2. The maximum absolute atomic E-state index is 10.4. The van der Waals surface area contributed by atoms with Gasteiger partial charge in [0.15, 0.2) is 0 Å². The molecular formula is C24H23N3O3. The van der Waals surface area contributed by atoms with E-state index in [9.17, 15) is 5.11 Å². The van der Waals surface area contributed by atoms with Crippen molar-refractivity contribution in [2.45, 2.75) is 26.0 Å². The molecule has 0 unspecified atom stereocenters. The van der Waals surface area contributed by atoms with Crippen molar-refractivity contribution in [2.24, 2.45) is 0 Å². The first-order valence-corrected chi connectivity index (χ1v) is 9.98. The Bertz CT molecular complexity index is 1170. The van der Waals surface area contributed by atoms with Gasteiger partial charge in [0.25, 0.3) is 5.89 Å². The molecule has 3 heterocycles. The van der Waals surface area contributed by atoms with E-state index in [0.29, 0.717) is 24.9 Å². The maximum atomic E-state index is 10.4. The van der Waals surface area contributed by atoms with Gasteiger partial charge in [-0.2, -0.15) is 4.98 Å². The van der Waals surface area contributed by atoms with Gasteiger partial charge in [0, 0.05) is 24.0 Å². The third-order valence-electron chi connectivity index (χ3n) is 5.62. The highest BCUT2D eigenvalue weighted by Crippen LogP contribution is 2.31. The van der Waals surface area contributed by atoms with Crippen molar-refractivity contribution in [2.75, 3.05) is 13.2 Å². The van der Waals surface area contributed by atoms with Gasteiger partial charge in [0.05, 0.1) is 18.8 Å². The van der Waals surface area contributed by atoms with Gasteiger partial charge in [-0.25, -0.2) is 0 Å². The lowest BCUT2D eigenvalue weighted by Crippen LogP contribution is -2.46. The van der Waals surface area contributed by atoms with Crippen molar-refractivity contribution >= 4 is 0 Å². The van der Waals surface area contributed by atoms with E-state index in [2.05, 4.69) is 58.9 Å². The Morgan fingerprint density at radius 2 is 1.73 bits per heavy atom. The Labute approximate surface area is 174 Å². The normalized spacial score (nSPS) is 15.2. The van der Waals surface area contributed by atoms with E-state index in [0.717, 1.165) is 28.9 Å². The minimum Gasteiger partial charge on any atom is -0.380 e. The number of benzene rings is 2. The highest BCUT2D eigenvalue weighted by molar-refractivity contribution is 5.60. The zero-order valence-electron chi connectivity index (χ0n) is 17.0. The number of aromatic nitrogens is 3. The molecule has 2 aromatic heterocycles. The summed E-state index contributed by atoms with van der Waals surface area (Å²) in [5, 5.41) is 14.5. The van der Waals surface area contributed by atoms with Crippen LogP contribution in [0, 0.1) is 13.8 Å². The Morgan fingerprint density at radius 1 is 1.00 bits per heavy atom. The number of aliphatic hydroxyl groups is 1. The average Bonchev–Trinajstić information content (AvgIpc) is 3.35. The summed E-state index contributed by atoms with van der Waals surface area (Å²) in [4.78, 5) is 4.57. The first-order chi connectivity index (χ1) is 14.5. The number of hydrogen-bond donors (Lipinski definition) is 1. The van der Waals surface area contributed by atoms with E-state index in [1.54, 1.807) is 0 Å². The Hall–Kier alpha value is -3.22. The first kappa shape index (κ1) is 18.8. The van der Waals surface area contributed by atoms with Crippen LogP contribution in [0.15, 0.2) is 65.3 Å². The van der Waals surface area contributed by atoms with Crippen molar-refractivity contribution in [1.29, 1.82) is 0 Å². The molecule has 5 rings (SSSR count). The van der Waals surface area contributed by atoms with Crippen molar-refractivity contribution in [3.8, 4) is 22.8 Å². The molecule has 0 bridgehead atoms. The minimum atomic E-state index is -0.876. The maximum Gasteiger partial charge on any atom is 0.259 e. The minimum absolute atomic E-state index is 0.331. The zero-order chi connectivity index (χ0) is 20.7. The molecule has 6 heteroatoms. The number of nitrogens with zero attached hydrogens (tertiary/aromatic N) is 3. The van der Waals surface area contributed by atoms with Crippen LogP contribution in [-0.2, 0) is 16.9 Å². The third-order valence-corrected chi connectivity index (χ3v) is 5.62. The largest absolute Gasteiger partial charge is 0.380 e. The third kappa shape index (κ3) is 3.44. The molecule has 1 N–H and O–H groups in total. The summed E-state index contributed by atoms with van der Waals surface area (Å²) in [6, 6.07) is 18.2. The highest BCUT2D eigenvalue weighted by Gasteiger charge is 2.37. The molecule has 0 spiro atoms. The molecule has 30 heavy (non-hydrogen) atoms. The molecular weight excluding hydrogens is 378 g/mol. The van der Waals surface area contributed by atoms with Gasteiger partial charge in [-0.15, -0.1) is 0 Å². The lowest BCUT2D eigenvalue weighted by atomic mass is 9.91. The van der Waals surface area contributed by atoms with Gasteiger partial charge >= 0.3 is 0 Å². The molecule has 0 amide bonds. The molecule has 152 valence electrons. The molecule has 2 aromatic carbocycles. The van der Waals surface area contributed by atoms with E-state index in [1.165, 1.54) is 11.1 Å². The Balaban J connectivity index is 1.36. The van der Waals surface area contributed by atoms with E-state index >= 15 is 0 Å². The standard InChI is InChI=1S/C24H23N3O3/c1-16-3-5-18(6-4-16)12-27-13-20(11-17(27)2)23-25-22(26-30-23)19-7-9-21(10-8-19)24(28)14-29-15-24/h3-11,13,28H,12,14-15H2,1-2H3. The summed E-state index contributed by atoms with van der Waals surface area (Å²) in [6.45, 7) is 5.62. The predicted octanol–water partition coefficient (Wildman–Crippen LogP) is 4.09. The van der Waals surface area contributed by atoms with Gasteiger partial charge in [0.1, 0.15) is 5.60 Å². The van der Waals surface area contributed by atoms with E-state index < -0.39 is 5.60 Å². The molecule has 1 fully saturated rings. The Kier molecular flexibility index (Phi) is 4.53. The fourth-order valence-electron chi connectivity index (χ4n) is 3.64. The van der Waals surface area contributed by atoms with Gasteiger partial charge in [-0.3, -0.25) is 0 Å². The summed E-state index contributed by atoms with van der Waals surface area (Å²) >= 11 is 0. The van der Waals surface area contributed by atoms with Crippen molar-refractivity contribution < 1.29 is 14.4 Å². The van der Waals surface area contributed by atoms with Crippen LogP contribution in [0.25, 0.3) is 22.8 Å². The molecule has 0 radical (unpaired) electrons. The quantitative estimate of drug-likeness (QED) is 0.545. The molecule has 1 aliphatic heterocycles. The molecule has 0 aliphatic carbocycles. The number of ether oxygens (including phenoxy) is 1. The lowest BCUT2D eigenvalue weighted by molar-refractivity contribution is -0.184. The second-order valence-electron chi connectivity index (χ2n) is 8.01. The van der Waals surface area contributed by atoms with Crippen molar-refractivity contribution in [3.63, 3.8) is 0 Å². The summed E-state index contributed by atoms with van der Waals surface area (Å²) in [5.41, 5.74) is 5.33. The Morgan fingerprint density at radius 3 is 2.40 bits per heavy atom. The van der Waals surface area contributed by atoms with Crippen LogP contribution in [0.1, 0.15) is 22.4 Å².